The van der Waals surface area contributed by atoms with Gasteiger partial charge in [-0.05, 0) is 31.5 Å². The summed E-state index contributed by atoms with van der Waals surface area (Å²) in [5.74, 6) is 1.30. The van der Waals surface area contributed by atoms with Gasteiger partial charge in [0.2, 0.25) is 5.91 Å². The zero-order valence-electron chi connectivity index (χ0n) is 17.0. The van der Waals surface area contributed by atoms with Crippen molar-refractivity contribution in [2.75, 3.05) is 26.7 Å². The highest BCUT2D eigenvalue weighted by Gasteiger charge is 2.15. The molecule has 2 rings (SSSR count). The number of nitrogens with one attached hydrogen (secondary N) is 1. The minimum atomic E-state index is -0.435. The van der Waals surface area contributed by atoms with Gasteiger partial charge >= 0.3 is 0 Å². The number of nitrogens with zero attached hydrogens (tertiary/aromatic N) is 4. The van der Waals surface area contributed by atoms with Crippen LogP contribution in [0.15, 0.2) is 52.1 Å². The second-order valence-corrected chi connectivity index (χ2v) is 6.42. The smallest absolute Gasteiger partial charge is 0.269 e. The van der Waals surface area contributed by atoms with E-state index in [4.69, 9.17) is 4.42 Å². The summed E-state index contributed by atoms with van der Waals surface area (Å²) in [5.41, 5.74) is 0.868. The van der Waals surface area contributed by atoms with Crippen LogP contribution in [0.5, 0.6) is 0 Å². The second kappa shape index (κ2) is 10.8. The van der Waals surface area contributed by atoms with Gasteiger partial charge in [-0.25, -0.2) is 4.99 Å². The second-order valence-electron chi connectivity index (χ2n) is 6.42. The third-order valence-electron chi connectivity index (χ3n) is 4.41. The molecule has 0 saturated carbocycles. The first-order chi connectivity index (χ1) is 13.9. The van der Waals surface area contributed by atoms with Crippen molar-refractivity contribution in [3.8, 4) is 0 Å². The first kappa shape index (κ1) is 21.9. The number of non-ortho nitro benzene ring substituents is 1. The van der Waals surface area contributed by atoms with Crippen molar-refractivity contribution in [2.24, 2.45) is 4.99 Å². The van der Waals surface area contributed by atoms with E-state index in [1.165, 1.54) is 12.1 Å². The van der Waals surface area contributed by atoms with Crippen LogP contribution in [-0.4, -0.2) is 53.3 Å². The van der Waals surface area contributed by atoms with Crippen molar-refractivity contribution in [1.29, 1.82) is 0 Å². The predicted octanol–water partition coefficient (Wildman–Crippen LogP) is 2.63. The van der Waals surface area contributed by atoms with E-state index in [0.717, 1.165) is 11.3 Å². The Morgan fingerprint density at radius 3 is 2.45 bits per heavy atom. The molecule has 9 nitrogen and oxygen atoms in total. The van der Waals surface area contributed by atoms with Gasteiger partial charge in [0.1, 0.15) is 5.76 Å². The molecule has 1 N–H and O–H groups in total. The van der Waals surface area contributed by atoms with Gasteiger partial charge in [-0.1, -0.05) is 12.1 Å². The highest BCUT2D eigenvalue weighted by Crippen LogP contribution is 2.12. The summed E-state index contributed by atoms with van der Waals surface area (Å²) in [6.07, 6.45) is 1.60. The van der Waals surface area contributed by atoms with Crippen molar-refractivity contribution in [3.63, 3.8) is 0 Å². The molecule has 29 heavy (non-hydrogen) atoms. The number of hydrogen-bond acceptors (Lipinski definition) is 5. The monoisotopic (exact) mass is 401 g/mol. The molecular formula is C20H27N5O4. The Morgan fingerprint density at radius 2 is 1.90 bits per heavy atom. The highest BCUT2D eigenvalue weighted by molar-refractivity contribution is 5.86. The number of carbonyl (C=O) groups excluding carboxylic acids is 1. The molecule has 0 saturated heterocycles. The third kappa shape index (κ3) is 6.63. The SMILES string of the molecule is CCN(CC)C(=O)CN(C)C(=NCc1ccc([N+](=O)[O-])cc1)NCc1ccco1. The number of nitro groups is 1. The van der Waals surface area contributed by atoms with Crippen molar-refractivity contribution in [1.82, 2.24) is 15.1 Å². The molecule has 1 aromatic carbocycles. The minimum Gasteiger partial charge on any atom is -0.467 e. The van der Waals surface area contributed by atoms with Crippen LogP contribution in [0, 0.1) is 10.1 Å². The lowest BCUT2D eigenvalue weighted by atomic mass is 10.2. The fourth-order valence-corrected chi connectivity index (χ4v) is 2.73. The van der Waals surface area contributed by atoms with E-state index < -0.39 is 4.92 Å². The van der Waals surface area contributed by atoms with E-state index in [9.17, 15) is 14.9 Å². The molecular weight excluding hydrogens is 374 g/mol. The number of furan rings is 1. The Hall–Kier alpha value is -3.36. The third-order valence-corrected chi connectivity index (χ3v) is 4.41. The zero-order valence-corrected chi connectivity index (χ0v) is 17.0. The van der Waals surface area contributed by atoms with Crippen molar-refractivity contribution in [3.05, 3.63) is 64.1 Å². The van der Waals surface area contributed by atoms with Crippen LogP contribution in [0.25, 0.3) is 0 Å². The summed E-state index contributed by atoms with van der Waals surface area (Å²) in [7, 11) is 1.80. The summed E-state index contributed by atoms with van der Waals surface area (Å²) in [4.78, 5) is 30.9. The van der Waals surface area contributed by atoms with Crippen molar-refractivity contribution in [2.45, 2.75) is 26.9 Å². The number of benzene rings is 1. The average Bonchev–Trinajstić information content (AvgIpc) is 3.22. The Morgan fingerprint density at radius 1 is 1.21 bits per heavy atom. The number of likely N-dealkylation sites (N-methyl/N-ethyl adjacent to an activating group) is 2. The summed E-state index contributed by atoms with van der Waals surface area (Å²) in [5, 5.41) is 14.0. The van der Waals surface area contributed by atoms with Gasteiger partial charge in [-0.2, -0.15) is 0 Å². The van der Waals surface area contributed by atoms with Gasteiger partial charge in [0, 0.05) is 32.3 Å². The van der Waals surface area contributed by atoms with E-state index in [2.05, 4.69) is 10.3 Å². The van der Waals surface area contributed by atoms with Gasteiger partial charge < -0.3 is 19.5 Å². The van der Waals surface area contributed by atoms with Crippen LogP contribution < -0.4 is 5.32 Å². The van der Waals surface area contributed by atoms with Crippen LogP contribution >= 0.6 is 0 Å². The van der Waals surface area contributed by atoms with E-state index in [0.29, 0.717) is 32.1 Å². The lowest BCUT2D eigenvalue weighted by Crippen LogP contribution is -2.45. The lowest BCUT2D eigenvalue weighted by molar-refractivity contribution is -0.384. The van der Waals surface area contributed by atoms with Crippen LogP contribution in [0.4, 0.5) is 5.69 Å². The van der Waals surface area contributed by atoms with Crippen LogP contribution in [0.1, 0.15) is 25.2 Å². The molecule has 1 amide bonds. The molecule has 2 aromatic rings. The molecule has 9 heteroatoms. The molecule has 0 unspecified atom stereocenters. The predicted molar refractivity (Wildman–Crippen MR) is 110 cm³/mol. The van der Waals surface area contributed by atoms with Crippen molar-refractivity contribution < 1.29 is 14.1 Å². The van der Waals surface area contributed by atoms with E-state index >= 15 is 0 Å². The zero-order chi connectivity index (χ0) is 21.2. The van der Waals surface area contributed by atoms with E-state index in [1.807, 2.05) is 19.9 Å². The Labute approximate surface area is 170 Å². The Bertz CT molecular complexity index is 814. The van der Waals surface area contributed by atoms with Crippen LogP contribution in [0.2, 0.25) is 0 Å². The lowest BCUT2D eigenvalue weighted by Gasteiger charge is -2.25. The first-order valence-corrected chi connectivity index (χ1v) is 9.47. The molecule has 156 valence electrons. The number of nitro benzene ring substituents is 1. The average molecular weight is 401 g/mol. The van der Waals surface area contributed by atoms with Crippen molar-refractivity contribution >= 4 is 17.6 Å². The quantitative estimate of drug-likeness (QED) is 0.300. The van der Waals surface area contributed by atoms with E-state index in [1.54, 1.807) is 41.3 Å². The maximum Gasteiger partial charge on any atom is 0.269 e. The number of amides is 1. The maximum atomic E-state index is 12.4. The number of carbonyl (C=O) groups is 1. The molecule has 0 atom stereocenters. The Kier molecular flexibility index (Phi) is 8.20. The van der Waals surface area contributed by atoms with E-state index in [-0.39, 0.29) is 18.1 Å². The molecule has 1 aromatic heterocycles. The largest absolute Gasteiger partial charge is 0.467 e. The fourth-order valence-electron chi connectivity index (χ4n) is 2.73. The summed E-state index contributed by atoms with van der Waals surface area (Å²) >= 11 is 0. The van der Waals surface area contributed by atoms with Gasteiger partial charge in [-0.15, -0.1) is 0 Å². The number of rotatable bonds is 9. The number of aliphatic imine (C=N–C) groups is 1. The molecule has 0 bridgehead atoms. The molecule has 0 aliphatic heterocycles. The molecule has 0 spiro atoms. The van der Waals surface area contributed by atoms with Gasteiger partial charge in [-0.3, -0.25) is 14.9 Å². The molecule has 0 aliphatic rings. The molecule has 0 fully saturated rings. The fraction of sp³-hybridized carbons (Fsp3) is 0.400. The standard InChI is InChI=1S/C20H27N5O4/c1-4-24(5-2)19(26)15-23(3)20(22-14-18-7-6-12-29-18)21-13-16-8-10-17(11-9-16)25(27)28/h6-12H,4-5,13-15H2,1-3H3,(H,21,22). The Balaban J connectivity index is 2.10. The highest BCUT2D eigenvalue weighted by atomic mass is 16.6. The molecule has 1 heterocycles. The maximum absolute atomic E-state index is 12.4. The first-order valence-electron chi connectivity index (χ1n) is 9.47. The minimum absolute atomic E-state index is 0.0142. The van der Waals surface area contributed by atoms with Crippen LogP contribution in [-0.2, 0) is 17.9 Å². The van der Waals surface area contributed by atoms with Crippen LogP contribution in [0.3, 0.4) is 0 Å². The molecule has 0 aliphatic carbocycles. The summed E-state index contributed by atoms with van der Waals surface area (Å²) in [6.45, 7) is 6.13. The number of guanidine groups is 1. The normalized spacial score (nSPS) is 11.2. The van der Waals surface area contributed by atoms with Gasteiger partial charge in [0.25, 0.3) is 5.69 Å². The molecule has 0 radical (unpaired) electrons. The summed E-state index contributed by atoms with van der Waals surface area (Å²) in [6, 6.07) is 9.91. The number of hydrogen-bond donors (Lipinski definition) is 1. The summed E-state index contributed by atoms with van der Waals surface area (Å²) < 4.78 is 5.34. The van der Waals surface area contributed by atoms with Gasteiger partial charge in [0.15, 0.2) is 5.96 Å². The van der Waals surface area contributed by atoms with Gasteiger partial charge in [0.05, 0.1) is 30.8 Å². The topological polar surface area (TPSA) is 104 Å².